The van der Waals surface area contributed by atoms with Gasteiger partial charge in [-0.3, -0.25) is 0 Å². The Balaban J connectivity index is -0.00000000667. The zero-order valence-electron chi connectivity index (χ0n) is 3.64. The van der Waals surface area contributed by atoms with Gasteiger partial charge in [0.1, 0.15) is 0 Å². The van der Waals surface area contributed by atoms with Crippen molar-refractivity contribution in [3.63, 3.8) is 0 Å². The lowest BCUT2D eigenvalue weighted by atomic mass is 13.4. The summed E-state index contributed by atoms with van der Waals surface area (Å²) in [5.74, 6) is 0. The van der Waals surface area contributed by atoms with Gasteiger partial charge in [-0.15, -0.1) is 5.34 Å². The molecule has 0 saturated heterocycles. The minimum Gasteiger partial charge on any atom is -1.00 e. The zero-order chi connectivity index (χ0) is 2.71. The largest absolute Gasteiger partial charge is 1.00 e. The molecule has 6 heteroatoms. The molecule has 0 radical (unpaired) electrons. The van der Waals surface area contributed by atoms with Crippen LogP contribution >= 0.6 is 0 Å². The summed E-state index contributed by atoms with van der Waals surface area (Å²) < 4.78 is 0. The summed E-state index contributed by atoms with van der Waals surface area (Å²) in [5.41, 5.74) is 0. The second-order valence-electron chi connectivity index (χ2n) is 0.0745. The van der Waals surface area contributed by atoms with Crippen LogP contribution in [0.2, 0.25) is 0 Å². The molecule has 0 spiro atoms. The average Bonchev–Trinajstić information content (AvgIpc) is 0.918. The maximum Gasteiger partial charge on any atom is -0.112 e. The van der Waals surface area contributed by atoms with Crippen LogP contribution in [0.3, 0.4) is 0 Å². The van der Waals surface area contributed by atoms with E-state index in [1.807, 2.05) is 0 Å². The number of rotatable bonds is 0. The standard InChI is InChI=1S/ClH.HNO2.2H3N/c;2-1-3;;/h1H;(H,2,3);2*1H3. The summed E-state index contributed by atoms with van der Waals surface area (Å²) in [5, 5.41) is 9.00. The van der Waals surface area contributed by atoms with Gasteiger partial charge in [0.15, 0.2) is 0 Å². The molecule has 0 aromatic carbocycles. The molecular formula is H8ClN3O2. The maximum atomic E-state index is 8.00. The van der Waals surface area contributed by atoms with E-state index in [2.05, 4.69) is 0 Å². The first-order valence-electron chi connectivity index (χ1n) is 0.365. The van der Waals surface area contributed by atoms with E-state index in [1.54, 1.807) is 0 Å². The zero-order valence-corrected chi connectivity index (χ0v) is 4.40. The van der Waals surface area contributed by atoms with Gasteiger partial charge >= 0.3 is 0 Å². The Kier molecular flexibility index (Phi) is 1240. The Bertz CT molecular complexity index is 16.3. The fraction of sp³-hybridized carbons (Fsp3) is 0. The summed E-state index contributed by atoms with van der Waals surface area (Å²) in [6.45, 7) is 0. The van der Waals surface area contributed by atoms with Crippen molar-refractivity contribution in [3.05, 3.63) is 10.1 Å². The molecule has 6 heavy (non-hydrogen) atoms. The molecule has 0 aliphatic rings. The lowest BCUT2D eigenvalue weighted by Gasteiger charge is -1.51. The van der Waals surface area contributed by atoms with Crippen molar-refractivity contribution in [1.29, 1.82) is 0 Å². The second-order valence-corrected chi connectivity index (χ2v) is 0.0745. The van der Waals surface area contributed by atoms with Crippen molar-refractivity contribution in [2.45, 2.75) is 0 Å². The topological polar surface area (TPSA) is 125 Å². The second kappa shape index (κ2) is 161. The highest BCUT2D eigenvalue weighted by molar-refractivity contribution is 4.21. The fourth-order valence-corrected chi connectivity index (χ4v) is 0. The molecule has 0 fully saturated rings. The molecule has 0 aliphatic heterocycles. The van der Waals surface area contributed by atoms with Gasteiger partial charge in [-0.05, 0) is 0 Å². The molecule has 0 aromatic rings. The third-order valence-corrected chi connectivity index (χ3v) is 0. The van der Waals surface area contributed by atoms with Crippen LogP contribution in [-0.2, 0) is 0 Å². The summed E-state index contributed by atoms with van der Waals surface area (Å²) in [6, 6.07) is 0. The minimum absolute atomic E-state index is 0. The quantitative estimate of drug-likeness (QED) is 0.281. The lowest BCUT2D eigenvalue weighted by molar-refractivity contribution is -0.00000165. The van der Waals surface area contributed by atoms with Crippen molar-refractivity contribution in [2.75, 3.05) is 0 Å². The van der Waals surface area contributed by atoms with Crippen LogP contribution in [-0.4, -0.2) is 0 Å². The van der Waals surface area contributed by atoms with Crippen LogP contribution in [0, 0.1) is 10.1 Å². The minimum atomic E-state index is 0. The van der Waals surface area contributed by atoms with E-state index in [9.17, 15) is 0 Å². The number of halogens is 1. The van der Waals surface area contributed by atoms with Crippen LogP contribution in [0.25, 0.3) is 0 Å². The molecule has 42 valence electrons. The first-order chi connectivity index (χ1) is 1.41. The van der Waals surface area contributed by atoms with E-state index < -0.39 is 0 Å². The van der Waals surface area contributed by atoms with Crippen LogP contribution < -0.4 is 24.7 Å². The Morgan fingerprint density at radius 1 is 1.33 bits per heavy atom. The van der Waals surface area contributed by atoms with E-state index in [1.165, 1.54) is 0 Å². The Labute approximate surface area is 41.2 Å². The highest BCUT2D eigenvalue weighted by atomic mass is 35.5. The van der Waals surface area contributed by atoms with Crippen LogP contribution in [0.1, 0.15) is 0 Å². The molecule has 0 bridgehead atoms. The Morgan fingerprint density at radius 2 is 1.33 bits per heavy atom. The molecule has 0 unspecified atom stereocenters. The number of quaternary nitrogens is 2. The third kappa shape index (κ3) is 162. The molecular weight excluding hydrogens is 109 g/mol. The summed E-state index contributed by atoms with van der Waals surface area (Å²) in [6.07, 6.45) is 0. The molecule has 8 N–H and O–H groups in total. The summed E-state index contributed by atoms with van der Waals surface area (Å²) in [7, 11) is 0. The van der Waals surface area contributed by atoms with Gasteiger partial charge in [0.25, 0.3) is 0 Å². The Hall–Kier alpha value is -0.390. The van der Waals surface area contributed by atoms with Crippen molar-refractivity contribution >= 4 is 0 Å². The van der Waals surface area contributed by atoms with E-state index >= 15 is 0 Å². The van der Waals surface area contributed by atoms with Gasteiger partial charge in [-0.1, -0.05) is 0 Å². The summed E-state index contributed by atoms with van der Waals surface area (Å²) >= 11 is 0. The third-order valence-electron chi connectivity index (χ3n) is 0. The smallest absolute Gasteiger partial charge is 0.112 e. The highest BCUT2D eigenvalue weighted by Crippen LogP contribution is 1.34. The predicted octanol–water partition coefficient (Wildman–Crippen LogP) is -1.99. The molecule has 0 amide bonds. The molecule has 0 rings (SSSR count). The first kappa shape index (κ1) is 46.0. The van der Waals surface area contributed by atoms with Gasteiger partial charge in [0.2, 0.25) is 0 Å². The predicted molar refractivity (Wildman–Crippen MR) is 21.1 cm³/mol. The Morgan fingerprint density at radius 3 is 1.33 bits per heavy atom. The van der Waals surface area contributed by atoms with Crippen molar-refractivity contribution in [3.8, 4) is 0 Å². The van der Waals surface area contributed by atoms with Crippen molar-refractivity contribution in [1.82, 2.24) is 12.3 Å². The molecule has 0 saturated carbocycles. The number of hydrogen-bond donors (Lipinski definition) is 2. The maximum absolute atomic E-state index is 8.00. The van der Waals surface area contributed by atoms with Crippen LogP contribution in [0.15, 0.2) is 5.34 Å². The van der Waals surface area contributed by atoms with Gasteiger partial charge in [-0.25, -0.2) is 0 Å². The fourth-order valence-electron chi connectivity index (χ4n) is 0. The lowest BCUT2D eigenvalue weighted by Crippen LogP contribution is -3.00. The molecule has 0 atom stereocenters. The molecule has 0 aromatic heterocycles. The molecule has 5 nitrogen and oxygen atoms in total. The molecule has 0 heterocycles. The van der Waals surface area contributed by atoms with E-state index in [-0.39, 0.29) is 24.7 Å². The monoisotopic (exact) mass is 117 g/mol. The van der Waals surface area contributed by atoms with E-state index in [0.717, 1.165) is 5.34 Å². The first-order valence-corrected chi connectivity index (χ1v) is 0.365. The van der Waals surface area contributed by atoms with Gasteiger partial charge < -0.3 is 34.8 Å². The van der Waals surface area contributed by atoms with Crippen molar-refractivity contribution in [2.24, 2.45) is 5.34 Å². The number of hydrogen-bond acceptors (Lipinski definition) is 3. The van der Waals surface area contributed by atoms with Crippen LogP contribution in [0.5, 0.6) is 0 Å². The highest BCUT2D eigenvalue weighted by Gasteiger charge is 0.958. The SMILES string of the molecule is O=N[O-].[Cl-].[NH4+].[NH4+]. The summed E-state index contributed by atoms with van der Waals surface area (Å²) in [4.78, 5) is 8.00. The average molecular weight is 118 g/mol. The van der Waals surface area contributed by atoms with Gasteiger partial charge in [0.05, 0.1) is 0 Å². The van der Waals surface area contributed by atoms with Crippen LogP contribution in [0.4, 0.5) is 0 Å². The molecule has 0 aliphatic carbocycles. The van der Waals surface area contributed by atoms with Gasteiger partial charge in [-0.2, -0.15) is 0 Å². The normalized spacial score (nSPS) is 2.00. The van der Waals surface area contributed by atoms with E-state index in [4.69, 9.17) is 10.1 Å². The van der Waals surface area contributed by atoms with Crippen molar-refractivity contribution < 1.29 is 12.4 Å². The number of nitrogens with zero attached hydrogens (tertiary/aromatic N) is 1. The van der Waals surface area contributed by atoms with E-state index in [0.29, 0.717) is 0 Å². The van der Waals surface area contributed by atoms with Gasteiger partial charge in [0, 0.05) is 0 Å².